The van der Waals surface area contributed by atoms with Gasteiger partial charge in [0.1, 0.15) is 6.61 Å². The molecule has 4 bridgehead atoms. The molecule has 4 fully saturated rings. The zero-order valence-electron chi connectivity index (χ0n) is 12.5. The highest BCUT2D eigenvalue weighted by Crippen LogP contribution is 2.60. The number of hydrogen-bond donors (Lipinski definition) is 0. The summed E-state index contributed by atoms with van der Waals surface area (Å²) in [6.45, 7) is 1.64. The molecule has 0 aliphatic heterocycles. The highest BCUT2D eigenvalue weighted by atomic mass is 16.6. The normalized spacial score (nSPS) is 38.2. The number of carbonyl (C=O) groups excluding carboxylic acids is 2. The maximum absolute atomic E-state index is 12.5. The van der Waals surface area contributed by atoms with Crippen molar-refractivity contribution in [1.29, 1.82) is 0 Å². The molecule has 0 heterocycles. The van der Waals surface area contributed by atoms with Gasteiger partial charge in [-0.1, -0.05) is 0 Å². The Bertz CT molecular complexity index is 395. The van der Waals surface area contributed by atoms with Gasteiger partial charge in [0.2, 0.25) is 0 Å². The van der Waals surface area contributed by atoms with Crippen molar-refractivity contribution < 1.29 is 24.2 Å². The Morgan fingerprint density at radius 2 is 1.57 bits per heavy atom. The van der Waals surface area contributed by atoms with Gasteiger partial charge in [-0.3, -0.25) is 4.79 Å². The fourth-order valence-corrected chi connectivity index (χ4v) is 4.94. The fraction of sp³-hybridized carbons (Fsp3) is 0.875. The van der Waals surface area contributed by atoms with Crippen LogP contribution in [0.1, 0.15) is 45.4 Å². The Morgan fingerprint density at radius 1 is 1.05 bits per heavy atom. The van der Waals surface area contributed by atoms with Crippen molar-refractivity contribution in [2.75, 3.05) is 13.2 Å². The summed E-state index contributed by atoms with van der Waals surface area (Å²) >= 11 is 0. The third-order valence-electron chi connectivity index (χ3n) is 5.49. The molecule has 1 unspecified atom stereocenters. The molecule has 4 aliphatic rings. The number of carbonyl (C=O) groups is 2. The molecule has 4 rings (SSSR count). The summed E-state index contributed by atoms with van der Waals surface area (Å²) in [5, 5.41) is 10.5. The lowest BCUT2D eigenvalue weighted by molar-refractivity contribution is -0.174. The summed E-state index contributed by atoms with van der Waals surface area (Å²) in [7, 11) is 0. The van der Waals surface area contributed by atoms with Gasteiger partial charge < -0.3 is 9.47 Å². The summed E-state index contributed by atoms with van der Waals surface area (Å²) in [5.41, 5.74) is -0.255. The molecule has 1 radical (unpaired) electrons. The molecule has 0 aromatic rings. The zero-order chi connectivity index (χ0) is 15.0. The second-order valence-corrected chi connectivity index (χ2v) is 7.17. The van der Waals surface area contributed by atoms with Crippen molar-refractivity contribution in [3.8, 4) is 0 Å². The Hall–Kier alpha value is -1.10. The van der Waals surface area contributed by atoms with E-state index in [2.05, 4.69) is 0 Å². The summed E-state index contributed by atoms with van der Waals surface area (Å²) in [6.07, 6.45) is 5.84. The fourth-order valence-electron chi connectivity index (χ4n) is 4.94. The number of hydrogen-bond acceptors (Lipinski definition) is 4. The van der Waals surface area contributed by atoms with Crippen LogP contribution in [0.3, 0.4) is 0 Å². The van der Waals surface area contributed by atoms with Crippen LogP contribution in [-0.4, -0.2) is 31.3 Å². The van der Waals surface area contributed by atoms with Crippen LogP contribution in [0.5, 0.6) is 0 Å². The van der Waals surface area contributed by atoms with E-state index in [4.69, 9.17) is 9.47 Å². The van der Waals surface area contributed by atoms with Crippen LogP contribution in [0.4, 0.5) is 0 Å². The van der Waals surface area contributed by atoms with E-state index < -0.39 is 12.1 Å². The summed E-state index contributed by atoms with van der Waals surface area (Å²) in [6, 6.07) is 0. The van der Waals surface area contributed by atoms with E-state index >= 15 is 0 Å². The van der Waals surface area contributed by atoms with E-state index in [1.54, 1.807) is 0 Å². The van der Waals surface area contributed by atoms with Gasteiger partial charge in [-0.2, -0.15) is 0 Å². The number of esters is 1. The lowest BCUT2D eigenvalue weighted by Gasteiger charge is -2.55. The van der Waals surface area contributed by atoms with Crippen LogP contribution >= 0.6 is 0 Å². The molecule has 0 N–H and O–H groups in total. The molecular formula is C16H23O5. The van der Waals surface area contributed by atoms with Gasteiger partial charge in [0, 0.05) is 0 Å². The van der Waals surface area contributed by atoms with Crippen molar-refractivity contribution in [2.45, 2.75) is 51.6 Å². The van der Waals surface area contributed by atoms with E-state index in [1.165, 1.54) is 26.2 Å². The van der Waals surface area contributed by atoms with Crippen molar-refractivity contribution in [3.63, 3.8) is 0 Å². The summed E-state index contributed by atoms with van der Waals surface area (Å²) < 4.78 is 10.4. The molecule has 4 aliphatic carbocycles. The molecule has 0 saturated heterocycles. The largest absolute Gasteiger partial charge is 0.463 e. The molecule has 4 saturated carbocycles. The lowest BCUT2D eigenvalue weighted by atomic mass is 9.49. The van der Waals surface area contributed by atoms with E-state index in [9.17, 15) is 14.7 Å². The topological polar surface area (TPSA) is 72.5 Å². The van der Waals surface area contributed by atoms with E-state index in [0.29, 0.717) is 17.8 Å². The van der Waals surface area contributed by atoms with E-state index in [1.807, 2.05) is 0 Å². The van der Waals surface area contributed by atoms with E-state index in [0.717, 1.165) is 19.3 Å². The average molecular weight is 295 g/mol. The smallest absolute Gasteiger partial charge is 0.383 e. The Morgan fingerprint density at radius 3 is 2.05 bits per heavy atom. The highest BCUT2D eigenvalue weighted by molar-refractivity contribution is 5.77. The lowest BCUT2D eigenvalue weighted by Crippen LogP contribution is -2.50. The van der Waals surface area contributed by atoms with Gasteiger partial charge in [-0.05, 0) is 63.2 Å². The van der Waals surface area contributed by atoms with Gasteiger partial charge in [-0.25, -0.2) is 9.90 Å². The van der Waals surface area contributed by atoms with Crippen LogP contribution in [0.25, 0.3) is 0 Å². The van der Waals surface area contributed by atoms with Crippen molar-refractivity contribution in [1.82, 2.24) is 0 Å². The van der Waals surface area contributed by atoms with E-state index in [-0.39, 0.29) is 24.6 Å². The molecule has 1 atom stereocenters. The first-order valence-electron chi connectivity index (χ1n) is 7.98. The molecule has 5 nitrogen and oxygen atoms in total. The highest BCUT2D eigenvalue weighted by Gasteiger charge is 2.55. The molecular weight excluding hydrogens is 272 g/mol. The molecule has 5 heteroatoms. The van der Waals surface area contributed by atoms with Crippen LogP contribution < -0.4 is 0 Å². The van der Waals surface area contributed by atoms with Gasteiger partial charge in [0.05, 0.1) is 12.0 Å². The first kappa shape index (κ1) is 14.8. The van der Waals surface area contributed by atoms with Crippen LogP contribution in [-0.2, 0) is 24.2 Å². The quantitative estimate of drug-likeness (QED) is 0.555. The first-order valence-corrected chi connectivity index (χ1v) is 7.98. The SMILES string of the molecule is CC(OCCOC(=O)C12CC3CC(CC(C3)C1)C2)C([O])=O. The van der Waals surface area contributed by atoms with Crippen LogP contribution in [0, 0.1) is 23.2 Å². The average Bonchev–Trinajstić information content (AvgIpc) is 2.41. The number of rotatable bonds is 6. The molecule has 0 amide bonds. The minimum Gasteiger partial charge on any atom is -0.463 e. The zero-order valence-corrected chi connectivity index (χ0v) is 12.5. The molecule has 0 aromatic heterocycles. The number of ether oxygens (including phenoxy) is 2. The predicted molar refractivity (Wildman–Crippen MR) is 72.7 cm³/mol. The first-order chi connectivity index (χ1) is 9.98. The summed E-state index contributed by atoms with van der Waals surface area (Å²) in [5.74, 6) is 0.781. The third kappa shape index (κ3) is 2.93. The molecule has 0 aromatic carbocycles. The van der Waals surface area contributed by atoms with Gasteiger partial charge in [0.15, 0.2) is 6.10 Å². The monoisotopic (exact) mass is 295 g/mol. The second-order valence-electron chi connectivity index (χ2n) is 7.17. The second kappa shape index (κ2) is 5.59. The molecule has 0 spiro atoms. The molecule has 117 valence electrons. The van der Waals surface area contributed by atoms with Crippen molar-refractivity contribution >= 4 is 11.9 Å². The minimum absolute atomic E-state index is 0.0914. The summed E-state index contributed by atoms with van der Waals surface area (Å²) in [4.78, 5) is 23.0. The third-order valence-corrected chi connectivity index (χ3v) is 5.49. The predicted octanol–water partition coefficient (Wildman–Crippen LogP) is 2.11. The Balaban J connectivity index is 1.48. The van der Waals surface area contributed by atoms with Gasteiger partial charge >= 0.3 is 11.9 Å². The van der Waals surface area contributed by atoms with Crippen LogP contribution in [0.2, 0.25) is 0 Å². The molecule has 21 heavy (non-hydrogen) atoms. The Kier molecular flexibility index (Phi) is 3.95. The minimum atomic E-state index is -1.25. The van der Waals surface area contributed by atoms with Crippen LogP contribution in [0.15, 0.2) is 0 Å². The van der Waals surface area contributed by atoms with Gasteiger partial charge in [0.25, 0.3) is 0 Å². The van der Waals surface area contributed by atoms with Crippen molar-refractivity contribution in [2.24, 2.45) is 23.2 Å². The standard InChI is InChI=1S/C16H23O5/c1-10(14(17)18)20-2-3-21-15(19)16-7-11-4-12(8-16)6-13(5-11)9-16/h10-13H,2-9H2,1H3. The maximum atomic E-state index is 12.5. The maximum Gasteiger partial charge on any atom is 0.383 e. The van der Waals surface area contributed by atoms with Gasteiger partial charge in [-0.15, -0.1) is 0 Å². The van der Waals surface area contributed by atoms with Crippen molar-refractivity contribution in [3.05, 3.63) is 0 Å². The Labute approximate surface area is 125 Å².